The first-order valence-electron chi connectivity index (χ1n) is 10.7. The Balaban J connectivity index is 2.01. The fraction of sp³-hybridized carbons (Fsp3) is 0.905. The third kappa shape index (κ3) is 10.8. The lowest BCUT2D eigenvalue weighted by atomic mass is 10.1. The third-order valence-electron chi connectivity index (χ3n) is 5.01. The molecule has 5 heteroatoms. The number of esters is 2. The number of hydrogen-bond acceptors (Lipinski definition) is 5. The zero-order chi connectivity index (χ0) is 19.0. The molecule has 0 spiro atoms. The molecule has 1 heterocycles. The summed E-state index contributed by atoms with van der Waals surface area (Å²) in [5.41, 5.74) is 0. The van der Waals surface area contributed by atoms with Gasteiger partial charge in [0.05, 0.1) is 6.61 Å². The predicted molar refractivity (Wildman–Crippen MR) is 102 cm³/mol. The van der Waals surface area contributed by atoms with E-state index >= 15 is 0 Å². The maximum absolute atomic E-state index is 12.0. The Morgan fingerprint density at radius 3 is 2.19 bits per heavy atom. The number of carbonyl (C=O) groups excluding carboxylic acids is 2. The lowest BCUT2D eigenvalue weighted by Gasteiger charge is -2.22. The fourth-order valence-corrected chi connectivity index (χ4v) is 3.39. The number of rotatable bonds is 14. The second kappa shape index (κ2) is 15.0. The molecule has 0 aromatic carbocycles. The first-order chi connectivity index (χ1) is 12.7. The van der Waals surface area contributed by atoms with Crippen molar-refractivity contribution in [2.24, 2.45) is 0 Å². The van der Waals surface area contributed by atoms with Crippen molar-refractivity contribution in [1.29, 1.82) is 0 Å². The number of hydrogen-bond donors (Lipinski definition) is 1. The summed E-state index contributed by atoms with van der Waals surface area (Å²) in [6, 6.07) is 0. The molecule has 1 saturated heterocycles. The molecular weight excluding hydrogens is 332 g/mol. The van der Waals surface area contributed by atoms with Crippen LogP contribution in [0.15, 0.2) is 0 Å². The van der Waals surface area contributed by atoms with Crippen molar-refractivity contribution >= 4 is 11.9 Å². The Labute approximate surface area is 158 Å². The minimum absolute atomic E-state index is 0.248. The molecule has 0 amide bonds. The van der Waals surface area contributed by atoms with Crippen LogP contribution < -0.4 is 0 Å². The maximum Gasteiger partial charge on any atom is 0.306 e. The summed E-state index contributed by atoms with van der Waals surface area (Å²) in [5, 5.41) is 9.33. The van der Waals surface area contributed by atoms with E-state index in [9.17, 15) is 14.7 Å². The van der Waals surface area contributed by atoms with Gasteiger partial charge >= 0.3 is 11.9 Å². The Bertz CT molecular complexity index is 383. The SMILES string of the molecule is CCCCCCCCCCCCCC(=O)O[C@@H]1CCCC(=O)O[C@H]1CO. The van der Waals surface area contributed by atoms with Gasteiger partial charge in [0.2, 0.25) is 0 Å². The summed E-state index contributed by atoms with van der Waals surface area (Å²) in [7, 11) is 0. The molecule has 2 atom stereocenters. The Hall–Kier alpha value is -1.10. The molecule has 0 aromatic heterocycles. The summed E-state index contributed by atoms with van der Waals surface area (Å²) >= 11 is 0. The van der Waals surface area contributed by atoms with E-state index in [2.05, 4.69) is 6.92 Å². The summed E-state index contributed by atoms with van der Waals surface area (Å²) in [4.78, 5) is 23.4. The van der Waals surface area contributed by atoms with E-state index in [0.717, 1.165) is 12.8 Å². The van der Waals surface area contributed by atoms with Crippen LogP contribution in [0.1, 0.15) is 103 Å². The van der Waals surface area contributed by atoms with E-state index in [1.54, 1.807) is 0 Å². The molecule has 0 aliphatic carbocycles. The van der Waals surface area contributed by atoms with Crippen molar-refractivity contribution < 1.29 is 24.2 Å². The lowest BCUT2D eigenvalue weighted by molar-refractivity contribution is -0.168. The normalized spacial score (nSPS) is 20.5. The number of aliphatic hydroxyl groups excluding tert-OH is 1. The minimum Gasteiger partial charge on any atom is -0.458 e. The average Bonchev–Trinajstić information content (AvgIpc) is 2.80. The van der Waals surface area contributed by atoms with Gasteiger partial charge in [0.25, 0.3) is 0 Å². The monoisotopic (exact) mass is 370 g/mol. The number of carbonyl (C=O) groups is 2. The lowest BCUT2D eigenvalue weighted by Crippen LogP contribution is -2.36. The van der Waals surface area contributed by atoms with Gasteiger partial charge in [-0.15, -0.1) is 0 Å². The van der Waals surface area contributed by atoms with Crippen molar-refractivity contribution in [1.82, 2.24) is 0 Å². The van der Waals surface area contributed by atoms with Crippen LogP contribution in [0.2, 0.25) is 0 Å². The summed E-state index contributed by atoms with van der Waals surface area (Å²) in [6.07, 6.45) is 14.4. The van der Waals surface area contributed by atoms with Gasteiger partial charge in [0.15, 0.2) is 6.10 Å². The number of unbranched alkanes of at least 4 members (excludes halogenated alkanes) is 10. The highest BCUT2D eigenvalue weighted by molar-refractivity contribution is 5.71. The molecule has 1 rings (SSSR count). The third-order valence-corrected chi connectivity index (χ3v) is 5.01. The highest BCUT2D eigenvalue weighted by Gasteiger charge is 2.30. The number of ether oxygens (including phenoxy) is 2. The van der Waals surface area contributed by atoms with Gasteiger partial charge in [-0.1, -0.05) is 71.1 Å². The molecule has 1 fully saturated rings. The Morgan fingerprint density at radius 2 is 1.62 bits per heavy atom. The molecule has 1 aliphatic heterocycles. The quantitative estimate of drug-likeness (QED) is 0.355. The first-order valence-corrected chi connectivity index (χ1v) is 10.7. The molecule has 1 aliphatic rings. The highest BCUT2D eigenvalue weighted by Crippen LogP contribution is 2.19. The van der Waals surface area contributed by atoms with Gasteiger partial charge in [-0.3, -0.25) is 9.59 Å². The molecule has 0 bridgehead atoms. The van der Waals surface area contributed by atoms with Crippen LogP contribution in [0.25, 0.3) is 0 Å². The van der Waals surface area contributed by atoms with E-state index in [4.69, 9.17) is 9.47 Å². The van der Waals surface area contributed by atoms with Crippen LogP contribution in [0, 0.1) is 0 Å². The maximum atomic E-state index is 12.0. The van der Waals surface area contributed by atoms with Gasteiger partial charge in [0, 0.05) is 12.8 Å². The summed E-state index contributed by atoms with van der Waals surface area (Å²) < 4.78 is 10.6. The standard InChI is InChI=1S/C21H38O5/c1-2-3-4-5-6-7-8-9-10-11-12-15-20(23)25-18-14-13-16-21(24)26-19(18)17-22/h18-19,22H,2-17H2,1H3/t18-,19+/m1/s1. The number of aliphatic hydroxyl groups is 1. The van der Waals surface area contributed by atoms with E-state index in [1.165, 1.54) is 57.8 Å². The molecule has 1 N–H and O–H groups in total. The molecule has 26 heavy (non-hydrogen) atoms. The smallest absolute Gasteiger partial charge is 0.306 e. The van der Waals surface area contributed by atoms with Gasteiger partial charge in [0.1, 0.15) is 6.10 Å². The predicted octanol–water partition coefficient (Wildman–Crippen LogP) is 4.69. The second-order valence-corrected chi connectivity index (χ2v) is 7.42. The van der Waals surface area contributed by atoms with E-state index < -0.39 is 12.2 Å². The first kappa shape index (κ1) is 22.9. The Morgan fingerprint density at radius 1 is 1.04 bits per heavy atom. The average molecular weight is 371 g/mol. The fourth-order valence-electron chi connectivity index (χ4n) is 3.39. The van der Waals surface area contributed by atoms with Crippen molar-refractivity contribution in [2.45, 2.75) is 115 Å². The van der Waals surface area contributed by atoms with Crippen LogP contribution in [0.4, 0.5) is 0 Å². The molecule has 0 saturated carbocycles. The molecule has 5 nitrogen and oxygen atoms in total. The zero-order valence-corrected chi connectivity index (χ0v) is 16.5. The molecule has 0 aromatic rings. The molecule has 0 unspecified atom stereocenters. The summed E-state index contributed by atoms with van der Waals surface area (Å²) in [6.45, 7) is 1.94. The van der Waals surface area contributed by atoms with Gasteiger partial charge in [-0.05, 0) is 19.3 Å². The molecule has 152 valence electrons. The topological polar surface area (TPSA) is 72.8 Å². The molecule has 0 radical (unpaired) electrons. The van der Waals surface area contributed by atoms with Gasteiger partial charge in [-0.2, -0.15) is 0 Å². The zero-order valence-electron chi connectivity index (χ0n) is 16.5. The number of cyclic esters (lactones) is 1. The van der Waals surface area contributed by atoms with Gasteiger partial charge in [-0.25, -0.2) is 0 Å². The molecular formula is C21H38O5. The van der Waals surface area contributed by atoms with Crippen LogP contribution in [0.5, 0.6) is 0 Å². The van der Waals surface area contributed by atoms with E-state index in [1.807, 2.05) is 0 Å². The van der Waals surface area contributed by atoms with Crippen molar-refractivity contribution in [3.05, 3.63) is 0 Å². The van der Waals surface area contributed by atoms with E-state index in [0.29, 0.717) is 25.7 Å². The Kier molecular flexibility index (Phi) is 13.2. The summed E-state index contributed by atoms with van der Waals surface area (Å²) in [5.74, 6) is -0.574. The van der Waals surface area contributed by atoms with Gasteiger partial charge < -0.3 is 14.6 Å². The van der Waals surface area contributed by atoms with Crippen molar-refractivity contribution in [3.63, 3.8) is 0 Å². The van der Waals surface area contributed by atoms with Crippen molar-refractivity contribution in [3.8, 4) is 0 Å². The van der Waals surface area contributed by atoms with Crippen molar-refractivity contribution in [2.75, 3.05) is 6.61 Å². The van der Waals surface area contributed by atoms with Crippen LogP contribution in [-0.4, -0.2) is 35.9 Å². The minimum atomic E-state index is -0.716. The van der Waals surface area contributed by atoms with Crippen LogP contribution in [0.3, 0.4) is 0 Å². The van der Waals surface area contributed by atoms with E-state index in [-0.39, 0.29) is 18.5 Å². The van der Waals surface area contributed by atoms with Crippen LogP contribution in [-0.2, 0) is 19.1 Å². The second-order valence-electron chi connectivity index (χ2n) is 7.42. The van der Waals surface area contributed by atoms with Crippen LogP contribution >= 0.6 is 0 Å². The largest absolute Gasteiger partial charge is 0.458 e. The highest BCUT2D eigenvalue weighted by atomic mass is 16.6.